The predicted molar refractivity (Wildman–Crippen MR) is 77.3 cm³/mol. The molecule has 0 atom stereocenters. The quantitative estimate of drug-likeness (QED) is 0.870. The van der Waals surface area contributed by atoms with E-state index in [0.717, 1.165) is 34.7 Å². The maximum absolute atomic E-state index is 5.41. The predicted octanol–water partition coefficient (Wildman–Crippen LogP) is 3.39. The minimum Gasteiger partial charge on any atom is -0.497 e. The highest BCUT2D eigenvalue weighted by Gasteiger charge is 2.12. The molecule has 2 aromatic rings. The fraction of sp³-hybridized carbons (Fsp3) is 0.286. The van der Waals surface area contributed by atoms with E-state index in [9.17, 15) is 0 Å². The molecular formula is C14H16N2O2S. The minimum absolute atomic E-state index is 0.612. The minimum atomic E-state index is 0.612. The van der Waals surface area contributed by atoms with E-state index in [2.05, 4.69) is 16.9 Å². The largest absolute Gasteiger partial charge is 0.497 e. The van der Waals surface area contributed by atoms with Gasteiger partial charge in [0, 0.05) is 11.1 Å². The normalized spacial score (nSPS) is 10.3. The molecule has 0 saturated carbocycles. The molecule has 4 nitrogen and oxygen atoms in total. The van der Waals surface area contributed by atoms with Gasteiger partial charge in [-0.2, -0.15) is 0 Å². The van der Waals surface area contributed by atoms with E-state index in [-0.39, 0.29) is 0 Å². The molecule has 0 amide bonds. The summed E-state index contributed by atoms with van der Waals surface area (Å²) in [7, 11) is 3.29. The summed E-state index contributed by atoms with van der Waals surface area (Å²) in [6.45, 7) is 2.05. The summed E-state index contributed by atoms with van der Waals surface area (Å²) in [5, 5.41) is 0. The van der Waals surface area contributed by atoms with Crippen molar-refractivity contribution in [2.45, 2.75) is 13.3 Å². The molecule has 1 heterocycles. The van der Waals surface area contributed by atoms with Gasteiger partial charge in [-0.3, -0.25) is 0 Å². The van der Waals surface area contributed by atoms with E-state index >= 15 is 0 Å². The van der Waals surface area contributed by atoms with Crippen molar-refractivity contribution < 1.29 is 9.47 Å². The summed E-state index contributed by atoms with van der Waals surface area (Å²) >= 11 is 5.28. The van der Waals surface area contributed by atoms with Crippen molar-refractivity contribution in [2.75, 3.05) is 14.2 Å². The van der Waals surface area contributed by atoms with Crippen LogP contribution >= 0.6 is 12.2 Å². The second-order valence-corrected chi connectivity index (χ2v) is 4.37. The number of benzene rings is 1. The molecule has 0 unspecified atom stereocenters. The van der Waals surface area contributed by atoms with Crippen LogP contribution in [0.5, 0.6) is 11.5 Å². The molecule has 0 aliphatic rings. The lowest BCUT2D eigenvalue weighted by Gasteiger charge is -2.13. The molecule has 0 bridgehead atoms. The van der Waals surface area contributed by atoms with Crippen molar-refractivity contribution in [3.8, 4) is 22.8 Å². The molecular weight excluding hydrogens is 260 g/mol. The second kappa shape index (κ2) is 5.84. The van der Waals surface area contributed by atoms with Gasteiger partial charge >= 0.3 is 0 Å². The number of nitrogens with one attached hydrogen (secondary N) is 1. The van der Waals surface area contributed by atoms with Crippen molar-refractivity contribution in [1.29, 1.82) is 0 Å². The molecule has 1 N–H and O–H groups in total. The Morgan fingerprint density at radius 1 is 1.26 bits per heavy atom. The summed E-state index contributed by atoms with van der Waals surface area (Å²) < 4.78 is 11.3. The maximum Gasteiger partial charge on any atom is 0.133 e. The van der Waals surface area contributed by atoms with Crippen LogP contribution in [0.2, 0.25) is 0 Å². The molecule has 0 spiro atoms. The van der Waals surface area contributed by atoms with Gasteiger partial charge in [0.05, 0.1) is 26.2 Å². The zero-order chi connectivity index (χ0) is 13.8. The number of aromatic nitrogens is 2. The maximum atomic E-state index is 5.41. The van der Waals surface area contributed by atoms with Crippen molar-refractivity contribution in [2.24, 2.45) is 0 Å². The topological polar surface area (TPSA) is 47.1 Å². The summed E-state index contributed by atoms with van der Waals surface area (Å²) in [6, 6.07) is 5.67. The third-order valence-electron chi connectivity index (χ3n) is 2.98. The Kier molecular flexibility index (Phi) is 4.16. The van der Waals surface area contributed by atoms with Crippen LogP contribution in [0, 0.1) is 4.64 Å². The highest BCUT2D eigenvalue weighted by molar-refractivity contribution is 7.71. The molecule has 0 saturated heterocycles. The number of aromatic amines is 1. The molecule has 1 aromatic carbocycles. The number of methoxy groups -OCH3 is 2. The summed E-state index contributed by atoms with van der Waals surface area (Å²) in [5.41, 5.74) is 2.86. The second-order valence-electron chi connectivity index (χ2n) is 3.98. The van der Waals surface area contributed by atoms with Gasteiger partial charge in [-0.1, -0.05) is 19.1 Å². The summed E-state index contributed by atoms with van der Waals surface area (Å²) in [4.78, 5) is 7.28. The fourth-order valence-electron chi connectivity index (χ4n) is 2.01. The van der Waals surface area contributed by atoms with Crippen LogP contribution in [0.25, 0.3) is 11.3 Å². The zero-order valence-electron chi connectivity index (χ0n) is 11.2. The summed E-state index contributed by atoms with van der Waals surface area (Å²) in [5.74, 6) is 1.54. The Labute approximate surface area is 117 Å². The van der Waals surface area contributed by atoms with Crippen molar-refractivity contribution >= 4 is 12.2 Å². The fourth-order valence-corrected chi connectivity index (χ4v) is 2.30. The highest BCUT2D eigenvalue weighted by Crippen LogP contribution is 2.34. The molecule has 100 valence electrons. The lowest BCUT2D eigenvalue weighted by atomic mass is 10.0. The highest BCUT2D eigenvalue weighted by atomic mass is 32.1. The Morgan fingerprint density at radius 3 is 2.68 bits per heavy atom. The Balaban J connectivity index is 2.70. The van der Waals surface area contributed by atoms with Crippen LogP contribution in [0.3, 0.4) is 0 Å². The Morgan fingerprint density at radius 2 is 2.05 bits per heavy atom. The van der Waals surface area contributed by atoms with Crippen LogP contribution in [-0.4, -0.2) is 24.2 Å². The van der Waals surface area contributed by atoms with Crippen LogP contribution in [0.4, 0.5) is 0 Å². The smallest absolute Gasteiger partial charge is 0.133 e. The lowest BCUT2D eigenvalue weighted by Crippen LogP contribution is -1.98. The average molecular weight is 276 g/mol. The van der Waals surface area contributed by atoms with Crippen LogP contribution in [-0.2, 0) is 6.42 Å². The molecule has 0 radical (unpaired) electrons. The Hall–Kier alpha value is -1.88. The summed E-state index contributed by atoms with van der Waals surface area (Å²) in [6.07, 6.45) is 2.41. The van der Waals surface area contributed by atoms with Gasteiger partial charge in [0.2, 0.25) is 0 Å². The third kappa shape index (κ3) is 2.61. The molecule has 1 aromatic heterocycles. The molecule has 0 aliphatic carbocycles. The van der Waals surface area contributed by atoms with Crippen molar-refractivity contribution in [3.63, 3.8) is 0 Å². The van der Waals surface area contributed by atoms with Gasteiger partial charge in [0.15, 0.2) is 0 Å². The van der Waals surface area contributed by atoms with E-state index in [1.165, 1.54) is 0 Å². The first-order valence-corrected chi connectivity index (χ1v) is 6.41. The molecule has 2 rings (SSSR count). The average Bonchev–Trinajstić information content (AvgIpc) is 2.46. The van der Waals surface area contributed by atoms with Crippen LogP contribution < -0.4 is 9.47 Å². The SMILES string of the molecule is CCc1c(-c2cc(OC)ccc2OC)[nH]cnc1=S. The van der Waals surface area contributed by atoms with Gasteiger partial charge < -0.3 is 14.5 Å². The van der Waals surface area contributed by atoms with E-state index in [4.69, 9.17) is 21.7 Å². The third-order valence-corrected chi connectivity index (χ3v) is 3.33. The van der Waals surface area contributed by atoms with Gasteiger partial charge in [-0.05, 0) is 24.6 Å². The van der Waals surface area contributed by atoms with E-state index < -0.39 is 0 Å². The lowest BCUT2D eigenvalue weighted by molar-refractivity contribution is 0.404. The first-order valence-electron chi connectivity index (χ1n) is 6.00. The van der Waals surface area contributed by atoms with Crippen molar-refractivity contribution in [3.05, 3.63) is 34.7 Å². The van der Waals surface area contributed by atoms with Gasteiger partial charge in [-0.25, -0.2) is 4.98 Å². The van der Waals surface area contributed by atoms with Gasteiger partial charge in [0.25, 0.3) is 0 Å². The van der Waals surface area contributed by atoms with E-state index in [1.54, 1.807) is 20.5 Å². The molecule has 19 heavy (non-hydrogen) atoms. The first kappa shape index (κ1) is 13.5. The first-order chi connectivity index (χ1) is 9.21. The van der Waals surface area contributed by atoms with Gasteiger partial charge in [0.1, 0.15) is 16.1 Å². The standard InChI is InChI=1S/C14H16N2O2S/c1-4-10-13(15-8-16-14(10)19)11-7-9(17-2)5-6-12(11)18-3/h5-8H,4H2,1-3H3,(H,15,16,19). The number of H-pyrrole nitrogens is 1. The number of hydrogen-bond donors (Lipinski definition) is 1. The number of ether oxygens (including phenoxy) is 2. The van der Waals surface area contributed by atoms with Gasteiger partial charge in [-0.15, -0.1) is 0 Å². The monoisotopic (exact) mass is 276 g/mol. The molecule has 0 aliphatic heterocycles. The molecule has 5 heteroatoms. The zero-order valence-corrected chi connectivity index (χ0v) is 12.0. The van der Waals surface area contributed by atoms with E-state index in [1.807, 2.05) is 18.2 Å². The number of nitrogens with zero attached hydrogens (tertiary/aromatic N) is 1. The van der Waals surface area contributed by atoms with E-state index in [0.29, 0.717) is 4.64 Å². The Bertz CT molecular complexity index is 638. The van der Waals surface area contributed by atoms with Crippen LogP contribution in [0.15, 0.2) is 24.5 Å². The molecule has 0 fully saturated rings. The van der Waals surface area contributed by atoms with Crippen LogP contribution in [0.1, 0.15) is 12.5 Å². The van der Waals surface area contributed by atoms with Crippen molar-refractivity contribution in [1.82, 2.24) is 9.97 Å². The number of hydrogen-bond acceptors (Lipinski definition) is 4. The number of rotatable bonds is 4.